The predicted molar refractivity (Wildman–Crippen MR) is 100 cm³/mol. The maximum absolute atomic E-state index is 13.3. The SMILES string of the molecule is O=C(Nc1nccs1)C1CC2CCCCC2N1S(=O)(=O)c1ccccc1. The first-order valence-corrected chi connectivity index (χ1v) is 11.2. The van der Waals surface area contributed by atoms with Crippen molar-refractivity contribution in [2.24, 2.45) is 5.92 Å². The van der Waals surface area contributed by atoms with Crippen LogP contribution in [0.3, 0.4) is 0 Å². The van der Waals surface area contributed by atoms with Gasteiger partial charge in [-0.15, -0.1) is 11.3 Å². The van der Waals surface area contributed by atoms with Gasteiger partial charge < -0.3 is 5.32 Å². The highest BCUT2D eigenvalue weighted by Crippen LogP contribution is 2.43. The second-order valence-electron chi connectivity index (χ2n) is 6.84. The van der Waals surface area contributed by atoms with E-state index in [1.165, 1.54) is 15.6 Å². The zero-order valence-corrected chi connectivity index (χ0v) is 15.9. The molecule has 0 radical (unpaired) electrons. The number of nitrogens with one attached hydrogen (secondary N) is 1. The number of sulfonamides is 1. The average Bonchev–Trinajstić information content (AvgIpc) is 3.29. The van der Waals surface area contributed by atoms with Crippen molar-refractivity contribution in [3.8, 4) is 0 Å². The molecule has 8 heteroatoms. The largest absolute Gasteiger partial charge is 0.301 e. The van der Waals surface area contributed by atoms with Crippen LogP contribution < -0.4 is 5.32 Å². The van der Waals surface area contributed by atoms with Crippen molar-refractivity contribution >= 4 is 32.4 Å². The van der Waals surface area contributed by atoms with E-state index in [1.807, 2.05) is 0 Å². The molecule has 3 unspecified atom stereocenters. The third kappa shape index (κ3) is 3.17. The van der Waals surface area contributed by atoms with Crippen LogP contribution in [0, 0.1) is 5.92 Å². The fraction of sp³-hybridized carbons (Fsp3) is 0.444. The van der Waals surface area contributed by atoms with Crippen LogP contribution in [0.2, 0.25) is 0 Å². The minimum Gasteiger partial charge on any atom is -0.301 e. The molecule has 26 heavy (non-hydrogen) atoms. The lowest BCUT2D eigenvalue weighted by Crippen LogP contribution is -2.47. The summed E-state index contributed by atoms with van der Waals surface area (Å²) < 4.78 is 28.2. The fourth-order valence-electron chi connectivity index (χ4n) is 4.18. The molecule has 1 aromatic heterocycles. The lowest BCUT2D eigenvalue weighted by Gasteiger charge is -2.32. The van der Waals surface area contributed by atoms with Crippen LogP contribution in [-0.4, -0.2) is 35.7 Å². The highest BCUT2D eigenvalue weighted by Gasteiger charge is 2.51. The standard InChI is InChI=1S/C18H21N3O3S2/c22-17(20-18-19-10-11-25-18)16-12-13-6-4-5-9-15(13)21(16)26(23,24)14-7-2-1-3-8-14/h1-3,7-8,10-11,13,15-16H,4-6,9,12H2,(H,19,20,22). The molecule has 2 heterocycles. The van der Waals surface area contributed by atoms with Crippen LogP contribution in [0.15, 0.2) is 46.8 Å². The van der Waals surface area contributed by atoms with E-state index < -0.39 is 16.1 Å². The van der Waals surface area contributed by atoms with Crippen molar-refractivity contribution in [1.82, 2.24) is 9.29 Å². The predicted octanol–water partition coefficient (Wildman–Crippen LogP) is 3.10. The first kappa shape index (κ1) is 17.6. The van der Waals surface area contributed by atoms with Gasteiger partial charge in [-0.3, -0.25) is 4.79 Å². The van der Waals surface area contributed by atoms with E-state index in [9.17, 15) is 13.2 Å². The zero-order valence-electron chi connectivity index (χ0n) is 14.2. The van der Waals surface area contributed by atoms with Gasteiger partial charge in [-0.05, 0) is 37.3 Å². The summed E-state index contributed by atoms with van der Waals surface area (Å²) in [5.74, 6) is -0.0388. The number of aromatic nitrogens is 1. The Balaban J connectivity index is 1.68. The lowest BCUT2D eigenvalue weighted by atomic mass is 9.85. The summed E-state index contributed by atoms with van der Waals surface area (Å²) in [6.45, 7) is 0. The van der Waals surface area contributed by atoms with E-state index in [-0.39, 0.29) is 22.8 Å². The Kier molecular flexibility index (Phi) is 4.81. The fourth-order valence-corrected chi connectivity index (χ4v) is 6.60. The number of amides is 1. The number of thiazole rings is 1. The van der Waals surface area contributed by atoms with E-state index in [2.05, 4.69) is 10.3 Å². The first-order valence-electron chi connectivity index (χ1n) is 8.86. The minimum absolute atomic E-state index is 0.0963. The number of hydrogen-bond acceptors (Lipinski definition) is 5. The molecule has 1 aromatic carbocycles. The van der Waals surface area contributed by atoms with E-state index in [1.54, 1.807) is 41.9 Å². The first-order chi connectivity index (χ1) is 12.6. The molecule has 2 fully saturated rings. The average molecular weight is 392 g/mol. The summed E-state index contributed by atoms with van der Waals surface area (Å²) in [6, 6.07) is 7.64. The molecule has 2 aromatic rings. The molecule has 1 aliphatic carbocycles. The summed E-state index contributed by atoms with van der Waals surface area (Å²) in [5.41, 5.74) is 0. The molecule has 2 aliphatic rings. The van der Waals surface area contributed by atoms with Crippen LogP contribution >= 0.6 is 11.3 Å². The van der Waals surface area contributed by atoms with Crippen molar-refractivity contribution in [3.05, 3.63) is 41.9 Å². The van der Waals surface area contributed by atoms with Gasteiger partial charge in [0.15, 0.2) is 5.13 Å². The number of anilines is 1. The third-order valence-corrected chi connectivity index (χ3v) is 7.95. The quantitative estimate of drug-likeness (QED) is 0.869. The molecule has 0 bridgehead atoms. The maximum Gasteiger partial charge on any atom is 0.244 e. The number of benzene rings is 1. The molecular formula is C18H21N3O3S2. The summed E-state index contributed by atoms with van der Waals surface area (Å²) in [4.78, 5) is 17.2. The number of nitrogens with zero attached hydrogens (tertiary/aromatic N) is 2. The molecule has 1 saturated heterocycles. The van der Waals surface area contributed by atoms with Crippen molar-refractivity contribution in [1.29, 1.82) is 0 Å². The van der Waals surface area contributed by atoms with Gasteiger partial charge in [-0.1, -0.05) is 31.0 Å². The van der Waals surface area contributed by atoms with Gasteiger partial charge in [0.05, 0.1) is 4.90 Å². The molecule has 1 N–H and O–H groups in total. The van der Waals surface area contributed by atoms with E-state index in [4.69, 9.17) is 0 Å². The monoisotopic (exact) mass is 391 g/mol. The molecule has 1 saturated carbocycles. The highest BCUT2D eigenvalue weighted by atomic mass is 32.2. The summed E-state index contributed by atoms with van der Waals surface area (Å²) in [6.07, 6.45) is 6.09. The zero-order chi connectivity index (χ0) is 18.1. The van der Waals surface area contributed by atoms with Crippen molar-refractivity contribution in [2.75, 3.05) is 5.32 Å². The molecule has 138 valence electrons. The molecular weight excluding hydrogens is 370 g/mol. The Bertz CT molecular complexity index is 868. The Hall–Kier alpha value is -1.77. The molecule has 1 aliphatic heterocycles. The van der Waals surface area contributed by atoms with E-state index in [0.29, 0.717) is 11.6 Å². The molecule has 1 amide bonds. The number of fused-ring (bicyclic) bond motifs is 1. The molecule has 6 nitrogen and oxygen atoms in total. The third-order valence-electron chi connectivity index (χ3n) is 5.31. The van der Waals surface area contributed by atoms with Crippen LogP contribution in [0.5, 0.6) is 0 Å². The summed E-state index contributed by atoms with van der Waals surface area (Å²) >= 11 is 1.33. The van der Waals surface area contributed by atoms with Gasteiger partial charge >= 0.3 is 0 Å². The van der Waals surface area contributed by atoms with E-state index in [0.717, 1.165) is 25.7 Å². The Morgan fingerprint density at radius 1 is 1.19 bits per heavy atom. The van der Waals surface area contributed by atoms with Gasteiger partial charge in [-0.25, -0.2) is 13.4 Å². The second kappa shape index (κ2) is 7.09. The van der Waals surface area contributed by atoms with Crippen LogP contribution in [0.25, 0.3) is 0 Å². The van der Waals surface area contributed by atoms with Crippen LogP contribution in [0.4, 0.5) is 5.13 Å². The highest BCUT2D eigenvalue weighted by molar-refractivity contribution is 7.89. The van der Waals surface area contributed by atoms with Crippen LogP contribution in [-0.2, 0) is 14.8 Å². The minimum atomic E-state index is -3.73. The Labute approximate surface area is 157 Å². The molecule has 0 spiro atoms. The molecule has 3 atom stereocenters. The van der Waals surface area contributed by atoms with Crippen molar-refractivity contribution in [3.63, 3.8) is 0 Å². The number of carbonyl (C=O) groups is 1. The van der Waals surface area contributed by atoms with E-state index >= 15 is 0 Å². The Morgan fingerprint density at radius 2 is 1.96 bits per heavy atom. The second-order valence-corrected chi connectivity index (χ2v) is 9.58. The topological polar surface area (TPSA) is 79.4 Å². The van der Waals surface area contributed by atoms with Gasteiger partial charge in [0.2, 0.25) is 15.9 Å². The summed E-state index contributed by atoms with van der Waals surface area (Å²) in [7, 11) is -3.73. The normalized spacial score (nSPS) is 26.4. The van der Waals surface area contributed by atoms with Gasteiger partial charge in [-0.2, -0.15) is 4.31 Å². The lowest BCUT2D eigenvalue weighted by molar-refractivity contribution is -0.119. The number of hydrogen-bond donors (Lipinski definition) is 1. The Morgan fingerprint density at radius 3 is 2.69 bits per heavy atom. The number of carbonyl (C=O) groups excluding carboxylic acids is 1. The van der Waals surface area contributed by atoms with Gasteiger partial charge in [0.1, 0.15) is 6.04 Å². The number of rotatable bonds is 4. The smallest absolute Gasteiger partial charge is 0.244 e. The summed E-state index contributed by atoms with van der Waals surface area (Å²) in [5, 5.41) is 5.07. The van der Waals surface area contributed by atoms with Gasteiger partial charge in [0.25, 0.3) is 0 Å². The molecule has 4 rings (SSSR count). The van der Waals surface area contributed by atoms with Crippen LogP contribution in [0.1, 0.15) is 32.1 Å². The maximum atomic E-state index is 13.3. The van der Waals surface area contributed by atoms with Crippen molar-refractivity contribution < 1.29 is 13.2 Å². The van der Waals surface area contributed by atoms with Crippen molar-refractivity contribution in [2.45, 2.75) is 49.1 Å². The van der Waals surface area contributed by atoms with Gasteiger partial charge in [0, 0.05) is 17.6 Å².